The lowest BCUT2D eigenvalue weighted by Gasteiger charge is -2.20. The zero-order chi connectivity index (χ0) is 19.4. The normalized spacial score (nSPS) is 25.2. The van der Waals surface area contributed by atoms with Crippen LogP contribution in [0, 0.1) is 12.8 Å². The molecule has 0 aliphatic heterocycles. The quantitative estimate of drug-likeness (QED) is 0.445. The fourth-order valence-corrected chi connectivity index (χ4v) is 3.95. The zero-order valence-electron chi connectivity index (χ0n) is 15.4. The van der Waals surface area contributed by atoms with Gasteiger partial charge in [-0.25, -0.2) is 9.97 Å². The van der Waals surface area contributed by atoms with Crippen molar-refractivity contribution in [2.75, 3.05) is 18.2 Å². The minimum Gasteiger partial charge on any atom is -0.396 e. The van der Waals surface area contributed by atoms with E-state index in [0.29, 0.717) is 18.1 Å². The number of hydrogen-bond donors (Lipinski definition) is 4. The third-order valence-electron chi connectivity index (χ3n) is 4.82. The number of aryl methyl sites for hydroxylation is 1. The Morgan fingerprint density at radius 3 is 2.52 bits per heavy atom. The van der Waals surface area contributed by atoms with Crippen LogP contribution in [0.5, 0.6) is 0 Å². The highest BCUT2D eigenvalue weighted by Crippen LogP contribution is 2.32. The monoisotopic (exact) mass is 387 g/mol. The van der Waals surface area contributed by atoms with E-state index in [1.165, 1.54) is 11.8 Å². The third-order valence-corrected chi connectivity index (χ3v) is 5.51. The van der Waals surface area contributed by atoms with Gasteiger partial charge in [-0.3, -0.25) is 0 Å². The number of aliphatic hydroxyl groups is 3. The van der Waals surface area contributed by atoms with Crippen LogP contribution >= 0.6 is 11.8 Å². The number of thioether (sulfide) groups is 1. The highest BCUT2D eigenvalue weighted by atomic mass is 32.2. The van der Waals surface area contributed by atoms with Gasteiger partial charge in [0.25, 0.3) is 0 Å². The molecule has 2 aromatic rings. The number of nitrogens with one attached hydrogen (secondary N) is 1. The van der Waals surface area contributed by atoms with Crippen molar-refractivity contribution < 1.29 is 15.3 Å². The molecule has 3 rings (SSSR count). The van der Waals surface area contributed by atoms with Crippen molar-refractivity contribution in [2.24, 2.45) is 5.92 Å². The summed E-state index contributed by atoms with van der Waals surface area (Å²) in [6, 6.07) is 9.57. The molecule has 0 saturated heterocycles. The van der Waals surface area contributed by atoms with Gasteiger partial charge >= 0.3 is 0 Å². The number of nitrogens with zero attached hydrogens (tertiary/aromatic N) is 2. The SMILES string of the molecule is CSc1nc(C)nc(N[C@@H]2C[C@H](CO)[C@@H](O)[C@H]2O)c1/C=C/c1ccccc1. The van der Waals surface area contributed by atoms with Crippen LogP contribution in [0.1, 0.15) is 23.4 Å². The van der Waals surface area contributed by atoms with Gasteiger partial charge in [0.15, 0.2) is 0 Å². The molecular formula is C20H25N3O3S. The van der Waals surface area contributed by atoms with E-state index in [-0.39, 0.29) is 18.6 Å². The third kappa shape index (κ3) is 4.50. The van der Waals surface area contributed by atoms with E-state index >= 15 is 0 Å². The minimum atomic E-state index is -0.957. The highest BCUT2D eigenvalue weighted by molar-refractivity contribution is 7.98. The van der Waals surface area contributed by atoms with Crippen molar-refractivity contribution in [3.05, 3.63) is 47.3 Å². The number of hydrogen-bond acceptors (Lipinski definition) is 7. The first kappa shape index (κ1) is 19.8. The minimum absolute atomic E-state index is 0.157. The fourth-order valence-electron chi connectivity index (χ4n) is 3.34. The van der Waals surface area contributed by atoms with E-state index in [1.54, 1.807) is 0 Å². The second kappa shape index (κ2) is 8.84. The molecule has 1 aliphatic carbocycles. The van der Waals surface area contributed by atoms with Gasteiger partial charge in [-0.2, -0.15) is 0 Å². The Kier molecular flexibility index (Phi) is 6.49. The van der Waals surface area contributed by atoms with E-state index in [1.807, 2.05) is 55.7 Å². The Hall–Kier alpha value is -1.93. The molecule has 7 heteroatoms. The van der Waals surface area contributed by atoms with E-state index in [2.05, 4.69) is 15.3 Å². The molecule has 0 spiro atoms. The number of aromatic nitrogens is 2. The van der Waals surface area contributed by atoms with Gasteiger partial charge < -0.3 is 20.6 Å². The van der Waals surface area contributed by atoms with Crippen molar-refractivity contribution in [1.29, 1.82) is 0 Å². The molecule has 1 saturated carbocycles. The topological polar surface area (TPSA) is 98.5 Å². The lowest BCUT2D eigenvalue weighted by molar-refractivity contribution is 0.00445. The van der Waals surface area contributed by atoms with Gasteiger partial charge in [0.2, 0.25) is 0 Å². The summed E-state index contributed by atoms with van der Waals surface area (Å²) < 4.78 is 0. The Bertz CT molecular complexity index is 801. The van der Waals surface area contributed by atoms with Crippen LogP contribution in [-0.2, 0) is 0 Å². The van der Waals surface area contributed by atoms with E-state index < -0.39 is 12.2 Å². The number of aliphatic hydroxyl groups excluding tert-OH is 3. The van der Waals surface area contributed by atoms with Crippen LogP contribution in [0.15, 0.2) is 35.4 Å². The van der Waals surface area contributed by atoms with E-state index in [0.717, 1.165) is 16.2 Å². The second-order valence-electron chi connectivity index (χ2n) is 6.70. The number of benzene rings is 1. The van der Waals surface area contributed by atoms with Gasteiger partial charge in [0.05, 0.1) is 12.1 Å². The zero-order valence-corrected chi connectivity index (χ0v) is 16.2. The van der Waals surface area contributed by atoms with Crippen LogP contribution in [0.3, 0.4) is 0 Å². The van der Waals surface area contributed by atoms with Crippen LogP contribution < -0.4 is 5.32 Å². The molecule has 1 fully saturated rings. The summed E-state index contributed by atoms with van der Waals surface area (Å²) in [5.74, 6) is 0.906. The maximum absolute atomic E-state index is 10.3. The summed E-state index contributed by atoms with van der Waals surface area (Å²) in [7, 11) is 0. The average Bonchev–Trinajstić information content (AvgIpc) is 2.95. The Morgan fingerprint density at radius 2 is 1.89 bits per heavy atom. The molecule has 0 bridgehead atoms. The summed E-state index contributed by atoms with van der Waals surface area (Å²) in [6.45, 7) is 1.67. The van der Waals surface area contributed by atoms with Crippen LogP contribution in [0.4, 0.5) is 5.82 Å². The van der Waals surface area contributed by atoms with Crippen molar-refractivity contribution in [2.45, 2.75) is 36.6 Å². The molecule has 4 N–H and O–H groups in total. The highest BCUT2D eigenvalue weighted by Gasteiger charge is 2.41. The molecule has 1 heterocycles. The molecule has 0 amide bonds. The van der Waals surface area contributed by atoms with Gasteiger partial charge in [-0.15, -0.1) is 11.8 Å². The molecule has 1 aliphatic rings. The summed E-state index contributed by atoms with van der Waals surface area (Å²) in [6.07, 6.45) is 4.49. The molecule has 6 nitrogen and oxygen atoms in total. The summed E-state index contributed by atoms with van der Waals surface area (Å²) >= 11 is 1.53. The van der Waals surface area contributed by atoms with E-state index in [9.17, 15) is 15.3 Å². The molecule has 144 valence electrons. The fraction of sp³-hybridized carbons (Fsp3) is 0.400. The van der Waals surface area contributed by atoms with Crippen LogP contribution in [0.25, 0.3) is 12.2 Å². The predicted molar refractivity (Wildman–Crippen MR) is 109 cm³/mol. The van der Waals surface area contributed by atoms with Gasteiger partial charge in [0, 0.05) is 18.1 Å². The molecular weight excluding hydrogens is 362 g/mol. The molecule has 0 unspecified atom stereocenters. The Morgan fingerprint density at radius 1 is 1.15 bits per heavy atom. The first-order valence-electron chi connectivity index (χ1n) is 8.92. The summed E-state index contributed by atoms with van der Waals surface area (Å²) in [4.78, 5) is 9.04. The predicted octanol–water partition coefficient (Wildman–Crippen LogP) is 2.19. The molecule has 1 aromatic carbocycles. The van der Waals surface area contributed by atoms with Gasteiger partial charge in [-0.05, 0) is 31.2 Å². The standard InChI is InChI=1S/C20H25N3O3S/c1-12-21-19(23-16-10-14(11-24)17(25)18(16)26)15(20(22-12)27-2)9-8-13-6-4-3-5-7-13/h3-9,14,16-18,24-26H,10-11H2,1-2H3,(H,21,22,23)/b9-8+/t14-,16-,17-,18+/m1/s1. The molecule has 27 heavy (non-hydrogen) atoms. The first-order valence-corrected chi connectivity index (χ1v) is 10.1. The molecule has 4 atom stereocenters. The average molecular weight is 388 g/mol. The smallest absolute Gasteiger partial charge is 0.138 e. The van der Waals surface area contributed by atoms with Gasteiger partial charge in [0.1, 0.15) is 22.8 Å². The maximum Gasteiger partial charge on any atom is 0.138 e. The Labute approximate surface area is 163 Å². The van der Waals surface area contributed by atoms with Crippen LogP contribution in [0.2, 0.25) is 0 Å². The van der Waals surface area contributed by atoms with Crippen molar-refractivity contribution in [3.8, 4) is 0 Å². The Balaban J connectivity index is 1.92. The number of anilines is 1. The molecule has 0 radical (unpaired) electrons. The summed E-state index contributed by atoms with van der Waals surface area (Å²) in [5.41, 5.74) is 1.90. The summed E-state index contributed by atoms with van der Waals surface area (Å²) in [5, 5.41) is 33.9. The largest absolute Gasteiger partial charge is 0.396 e. The van der Waals surface area contributed by atoms with Crippen molar-refractivity contribution in [3.63, 3.8) is 0 Å². The van der Waals surface area contributed by atoms with Gasteiger partial charge in [-0.1, -0.05) is 36.4 Å². The van der Waals surface area contributed by atoms with Crippen molar-refractivity contribution in [1.82, 2.24) is 9.97 Å². The van der Waals surface area contributed by atoms with Crippen molar-refractivity contribution >= 4 is 29.7 Å². The lowest BCUT2D eigenvalue weighted by Crippen LogP contribution is -2.35. The second-order valence-corrected chi connectivity index (χ2v) is 7.49. The lowest BCUT2D eigenvalue weighted by atomic mass is 10.1. The maximum atomic E-state index is 10.3. The van der Waals surface area contributed by atoms with Crippen LogP contribution in [-0.4, -0.2) is 56.4 Å². The first-order chi connectivity index (χ1) is 13.0. The number of rotatable bonds is 6. The van der Waals surface area contributed by atoms with E-state index in [4.69, 9.17) is 0 Å². The molecule has 1 aromatic heterocycles.